The van der Waals surface area contributed by atoms with Gasteiger partial charge in [0.15, 0.2) is 11.5 Å². The molecule has 7 heteroatoms. The lowest BCUT2D eigenvalue weighted by Crippen LogP contribution is -2.33. The zero-order chi connectivity index (χ0) is 17.1. The third kappa shape index (κ3) is 3.45. The number of amides is 3. The van der Waals surface area contributed by atoms with Crippen LogP contribution in [0.3, 0.4) is 0 Å². The van der Waals surface area contributed by atoms with Crippen molar-refractivity contribution in [2.75, 3.05) is 23.4 Å². The van der Waals surface area contributed by atoms with Gasteiger partial charge in [0.1, 0.15) is 13.2 Å². The Bertz CT molecular complexity index is 794. The number of nitrogens with one attached hydrogen (secondary N) is 1. The number of rotatable bonds is 3. The van der Waals surface area contributed by atoms with Gasteiger partial charge >= 0.3 is 6.03 Å². The second-order valence-corrected chi connectivity index (χ2v) is 6.36. The maximum absolute atomic E-state index is 12.4. The molecule has 1 aliphatic heterocycles. The van der Waals surface area contributed by atoms with Crippen LogP contribution in [0.2, 0.25) is 0 Å². The van der Waals surface area contributed by atoms with Crippen LogP contribution in [0, 0.1) is 10.5 Å². The molecule has 1 heterocycles. The van der Waals surface area contributed by atoms with Crippen LogP contribution in [0.1, 0.15) is 5.56 Å². The van der Waals surface area contributed by atoms with E-state index in [4.69, 9.17) is 9.47 Å². The molecule has 0 atom stereocenters. The van der Waals surface area contributed by atoms with Crippen molar-refractivity contribution in [3.05, 3.63) is 45.5 Å². The molecule has 3 amide bonds. The highest BCUT2D eigenvalue weighted by atomic mass is 127. The van der Waals surface area contributed by atoms with E-state index >= 15 is 0 Å². The molecule has 2 aromatic carbocycles. The number of benzene rings is 2. The van der Waals surface area contributed by atoms with Crippen LogP contribution >= 0.6 is 22.6 Å². The molecule has 2 aromatic rings. The number of imide groups is 1. The third-order valence-corrected chi connectivity index (χ3v) is 4.71. The van der Waals surface area contributed by atoms with E-state index in [9.17, 15) is 9.59 Å². The number of hydrogen-bond acceptors (Lipinski definition) is 4. The predicted molar refractivity (Wildman–Crippen MR) is 98.9 cm³/mol. The van der Waals surface area contributed by atoms with Crippen molar-refractivity contribution >= 4 is 46.4 Å². The summed E-state index contributed by atoms with van der Waals surface area (Å²) in [5.41, 5.74) is 2.15. The molecule has 24 heavy (non-hydrogen) atoms. The summed E-state index contributed by atoms with van der Waals surface area (Å²) in [7, 11) is 0. The first-order valence-electron chi connectivity index (χ1n) is 7.30. The summed E-state index contributed by atoms with van der Waals surface area (Å²) in [5, 5.41) is 2.72. The van der Waals surface area contributed by atoms with Crippen molar-refractivity contribution < 1.29 is 19.1 Å². The average molecular weight is 438 g/mol. The molecule has 0 unspecified atom stereocenters. The second kappa shape index (κ2) is 7.08. The van der Waals surface area contributed by atoms with Crippen molar-refractivity contribution in [3.8, 4) is 11.5 Å². The summed E-state index contributed by atoms with van der Waals surface area (Å²) in [6, 6.07) is 9.95. The number of aryl methyl sites for hydroxylation is 1. The number of anilines is 2. The number of carbonyl (C=O) groups is 2. The standard InChI is InChI=1S/C17H15IN2O4/c1-11-2-3-12(8-14(11)18)19-17(22)20(10-21)13-4-5-15-16(9-13)24-7-6-23-15/h2-5,8-10H,6-7H2,1H3,(H,19,22). The van der Waals surface area contributed by atoms with E-state index < -0.39 is 6.03 Å². The maximum Gasteiger partial charge on any atom is 0.332 e. The highest BCUT2D eigenvalue weighted by molar-refractivity contribution is 14.1. The van der Waals surface area contributed by atoms with Crippen LogP contribution in [-0.4, -0.2) is 25.7 Å². The first-order chi connectivity index (χ1) is 11.6. The number of fused-ring (bicyclic) bond motifs is 1. The van der Waals surface area contributed by atoms with Crippen molar-refractivity contribution in [1.82, 2.24) is 0 Å². The summed E-state index contributed by atoms with van der Waals surface area (Å²) >= 11 is 2.19. The van der Waals surface area contributed by atoms with Gasteiger partial charge in [0.25, 0.3) is 0 Å². The normalized spacial score (nSPS) is 12.4. The van der Waals surface area contributed by atoms with E-state index in [1.807, 2.05) is 19.1 Å². The molecular formula is C17H15IN2O4. The van der Waals surface area contributed by atoms with Gasteiger partial charge in [0.05, 0.1) is 5.69 Å². The number of carbonyl (C=O) groups excluding carboxylic acids is 2. The Hall–Kier alpha value is -2.29. The van der Waals surface area contributed by atoms with Gasteiger partial charge in [-0.1, -0.05) is 6.07 Å². The lowest BCUT2D eigenvalue weighted by atomic mass is 10.2. The number of urea groups is 1. The molecule has 0 bridgehead atoms. The van der Waals surface area contributed by atoms with Crippen LogP contribution in [-0.2, 0) is 4.79 Å². The first kappa shape index (κ1) is 16.6. The van der Waals surface area contributed by atoms with Crippen LogP contribution < -0.4 is 19.7 Å². The fraction of sp³-hybridized carbons (Fsp3) is 0.176. The molecule has 0 radical (unpaired) electrons. The Morgan fingerprint density at radius 2 is 1.92 bits per heavy atom. The summed E-state index contributed by atoms with van der Waals surface area (Å²) in [6.45, 7) is 2.90. The number of hydrogen-bond donors (Lipinski definition) is 1. The molecule has 124 valence electrons. The minimum Gasteiger partial charge on any atom is -0.486 e. The van der Waals surface area contributed by atoms with Crippen LogP contribution in [0.25, 0.3) is 0 Å². The number of halogens is 1. The van der Waals surface area contributed by atoms with Crippen molar-refractivity contribution in [3.63, 3.8) is 0 Å². The van der Waals surface area contributed by atoms with Gasteiger partial charge < -0.3 is 14.8 Å². The Morgan fingerprint density at radius 1 is 1.17 bits per heavy atom. The first-order valence-corrected chi connectivity index (χ1v) is 8.37. The van der Waals surface area contributed by atoms with E-state index in [0.29, 0.717) is 42.5 Å². The summed E-state index contributed by atoms with van der Waals surface area (Å²) < 4.78 is 12.0. The molecule has 0 aliphatic carbocycles. The van der Waals surface area contributed by atoms with Gasteiger partial charge in [-0.05, 0) is 59.3 Å². The summed E-state index contributed by atoms with van der Waals surface area (Å²) in [4.78, 5) is 24.8. The molecule has 1 aliphatic rings. The number of nitrogens with zero attached hydrogens (tertiary/aromatic N) is 1. The quantitative estimate of drug-likeness (QED) is 0.588. The average Bonchev–Trinajstić information content (AvgIpc) is 2.59. The molecule has 0 spiro atoms. The predicted octanol–water partition coefficient (Wildman–Crippen LogP) is 3.57. The van der Waals surface area contributed by atoms with Crippen LogP contribution in [0.5, 0.6) is 11.5 Å². The zero-order valence-corrected chi connectivity index (χ0v) is 15.1. The van der Waals surface area contributed by atoms with Crippen molar-refractivity contribution in [2.45, 2.75) is 6.92 Å². The minimum absolute atomic E-state index is 0.411. The molecule has 0 fully saturated rings. The van der Waals surface area contributed by atoms with Crippen molar-refractivity contribution in [1.29, 1.82) is 0 Å². The third-order valence-electron chi connectivity index (χ3n) is 3.55. The second-order valence-electron chi connectivity index (χ2n) is 5.20. The van der Waals surface area contributed by atoms with Gasteiger partial charge in [-0.3, -0.25) is 4.79 Å². The monoisotopic (exact) mass is 438 g/mol. The van der Waals surface area contributed by atoms with E-state index in [2.05, 4.69) is 27.9 Å². The topological polar surface area (TPSA) is 67.9 Å². The molecular weight excluding hydrogens is 423 g/mol. The zero-order valence-electron chi connectivity index (χ0n) is 12.9. The summed E-state index contributed by atoms with van der Waals surface area (Å²) in [5.74, 6) is 1.12. The highest BCUT2D eigenvalue weighted by Gasteiger charge is 2.19. The highest BCUT2D eigenvalue weighted by Crippen LogP contribution is 2.34. The van der Waals surface area contributed by atoms with E-state index in [0.717, 1.165) is 14.0 Å². The fourth-order valence-electron chi connectivity index (χ4n) is 2.26. The minimum atomic E-state index is -0.540. The lowest BCUT2D eigenvalue weighted by Gasteiger charge is -2.21. The van der Waals surface area contributed by atoms with Crippen LogP contribution in [0.15, 0.2) is 36.4 Å². The van der Waals surface area contributed by atoms with E-state index in [-0.39, 0.29) is 0 Å². The number of ether oxygens (including phenoxy) is 2. The summed E-state index contributed by atoms with van der Waals surface area (Å²) in [6.07, 6.45) is 0.472. The van der Waals surface area contributed by atoms with Gasteiger partial charge in [-0.15, -0.1) is 0 Å². The van der Waals surface area contributed by atoms with Gasteiger partial charge in [0.2, 0.25) is 6.41 Å². The maximum atomic E-state index is 12.4. The van der Waals surface area contributed by atoms with Gasteiger partial charge in [-0.25, -0.2) is 9.69 Å². The molecule has 1 N–H and O–H groups in total. The van der Waals surface area contributed by atoms with E-state index in [1.165, 1.54) is 0 Å². The molecule has 6 nitrogen and oxygen atoms in total. The smallest absolute Gasteiger partial charge is 0.332 e. The molecule has 0 aromatic heterocycles. The fourth-order valence-corrected chi connectivity index (χ4v) is 2.78. The van der Waals surface area contributed by atoms with E-state index in [1.54, 1.807) is 24.3 Å². The molecule has 0 saturated heterocycles. The van der Waals surface area contributed by atoms with Gasteiger partial charge in [-0.2, -0.15) is 0 Å². The Labute approximate surface area is 152 Å². The Morgan fingerprint density at radius 3 is 2.62 bits per heavy atom. The Kier molecular flexibility index (Phi) is 4.89. The molecule has 0 saturated carbocycles. The largest absolute Gasteiger partial charge is 0.486 e. The van der Waals surface area contributed by atoms with Crippen LogP contribution in [0.4, 0.5) is 16.2 Å². The van der Waals surface area contributed by atoms with Crippen molar-refractivity contribution in [2.24, 2.45) is 0 Å². The SMILES string of the molecule is Cc1ccc(NC(=O)N(C=O)c2ccc3c(c2)OCCO3)cc1I. The Balaban J connectivity index is 1.81. The van der Waals surface area contributed by atoms with Gasteiger partial charge in [0, 0.05) is 15.3 Å². The lowest BCUT2D eigenvalue weighted by molar-refractivity contribution is -0.106. The molecule has 3 rings (SSSR count).